The minimum Gasteiger partial charge on any atom is -0.296 e. The summed E-state index contributed by atoms with van der Waals surface area (Å²) in [6, 6.07) is 0. The van der Waals surface area contributed by atoms with Gasteiger partial charge >= 0.3 is 0 Å². The van der Waals surface area contributed by atoms with Crippen LogP contribution in [0.25, 0.3) is 0 Å². The highest BCUT2D eigenvalue weighted by atomic mass is 32.2. The number of hydrogen-bond acceptors (Lipinski definition) is 5. The van der Waals surface area contributed by atoms with E-state index in [1.165, 1.54) is 15.8 Å². The number of nitrogens with one attached hydrogen (secondary N) is 2. The van der Waals surface area contributed by atoms with Crippen LogP contribution in [-0.4, -0.2) is 15.4 Å². The maximum absolute atomic E-state index is 6.99. The first-order valence-corrected chi connectivity index (χ1v) is 2.94. The number of thiol groups is 1. The molecule has 1 saturated heterocycles. The van der Waals surface area contributed by atoms with Gasteiger partial charge in [0.1, 0.15) is 0 Å². The van der Waals surface area contributed by atoms with Gasteiger partial charge in [0.05, 0.1) is 11.6 Å². The van der Waals surface area contributed by atoms with E-state index in [0.717, 1.165) is 0 Å². The highest BCUT2D eigenvalue weighted by Gasteiger charge is 2.11. The molecule has 0 spiro atoms. The van der Waals surface area contributed by atoms with E-state index >= 15 is 0 Å². The van der Waals surface area contributed by atoms with Crippen molar-refractivity contribution in [1.82, 2.24) is 9.25 Å². The normalized spacial score (nSPS) is 23.9. The molecule has 0 aromatic carbocycles. The molecule has 0 atom stereocenters. The van der Waals surface area contributed by atoms with Gasteiger partial charge in [-0.05, 0) is 0 Å². The van der Waals surface area contributed by atoms with Gasteiger partial charge in [-0.1, -0.05) is 12.8 Å². The van der Waals surface area contributed by atoms with Gasteiger partial charge in [-0.15, -0.1) is 3.82 Å². The standard InChI is InChI=1S/C2H5N3S2/c3-2-1-4-5(6)7-2/h3-4,6H,1H2. The number of nitrogens with zero attached hydrogens (tertiary/aromatic N) is 1. The second-order valence-corrected chi connectivity index (χ2v) is 2.83. The molecule has 7 heavy (non-hydrogen) atoms. The van der Waals surface area contributed by atoms with Gasteiger partial charge in [0.25, 0.3) is 0 Å². The third kappa shape index (κ3) is 1.34. The fourth-order valence-corrected chi connectivity index (χ4v) is 1.14. The van der Waals surface area contributed by atoms with Gasteiger partial charge in [0.2, 0.25) is 0 Å². The first-order chi connectivity index (χ1) is 3.29. The lowest BCUT2D eigenvalue weighted by molar-refractivity contribution is 0.613. The van der Waals surface area contributed by atoms with Gasteiger partial charge < -0.3 is 0 Å². The largest absolute Gasteiger partial charge is 0.296 e. The molecular weight excluding hydrogens is 130 g/mol. The van der Waals surface area contributed by atoms with E-state index in [-0.39, 0.29) is 0 Å². The molecule has 40 valence electrons. The monoisotopic (exact) mass is 135 g/mol. The molecule has 2 N–H and O–H groups in total. The molecule has 3 nitrogen and oxygen atoms in total. The molecule has 0 bridgehead atoms. The molecule has 0 unspecified atom stereocenters. The fourth-order valence-electron chi connectivity index (χ4n) is 0.308. The zero-order valence-corrected chi connectivity index (χ0v) is 5.22. The second kappa shape index (κ2) is 2.04. The highest BCUT2D eigenvalue weighted by Crippen LogP contribution is 2.15. The highest BCUT2D eigenvalue weighted by molar-refractivity contribution is 8.17. The summed E-state index contributed by atoms with van der Waals surface area (Å²) in [5.41, 5.74) is 2.81. The van der Waals surface area contributed by atoms with Crippen molar-refractivity contribution in [1.29, 1.82) is 5.41 Å². The third-order valence-electron chi connectivity index (χ3n) is 0.572. The Labute approximate surface area is 51.6 Å². The quantitative estimate of drug-likeness (QED) is 0.330. The maximum Gasteiger partial charge on any atom is 0.0969 e. The van der Waals surface area contributed by atoms with Crippen LogP contribution in [0.5, 0.6) is 0 Å². The zero-order chi connectivity index (χ0) is 5.28. The summed E-state index contributed by atoms with van der Waals surface area (Å²) >= 11 is 5.19. The van der Waals surface area contributed by atoms with Crippen molar-refractivity contribution >= 4 is 29.8 Å². The minimum atomic E-state index is 0.606. The van der Waals surface area contributed by atoms with Crippen LogP contribution < -0.4 is 5.43 Å². The Bertz CT molecular complexity index is 92.9. The molecule has 1 aliphatic rings. The summed E-state index contributed by atoms with van der Waals surface area (Å²) in [5.74, 6) is 0. The number of rotatable bonds is 0. The van der Waals surface area contributed by atoms with Crippen LogP contribution in [0, 0.1) is 5.41 Å². The number of hydrazine groups is 1. The Kier molecular flexibility index (Phi) is 1.58. The average molecular weight is 135 g/mol. The van der Waals surface area contributed by atoms with Crippen LogP contribution >= 0.6 is 24.8 Å². The lowest BCUT2D eigenvalue weighted by Gasteiger charge is -1.97. The van der Waals surface area contributed by atoms with Gasteiger partial charge in [-0.3, -0.25) is 5.41 Å². The van der Waals surface area contributed by atoms with Crippen LogP contribution in [0.4, 0.5) is 0 Å². The van der Waals surface area contributed by atoms with Crippen molar-refractivity contribution in [2.75, 3.05) is 6.54 Å². The Balaban J connectivity index is 2.40. The lowest BCUT2D eigenvalue weighted by atomic mass is 10.7. The Morgan fingerprint density at radius 2 is 2.71 bits per heavy atom. The zero-order valence-electron chi connectivity index (χ0n) is 3.51. The molecule has 0 aromatic heterocycles. The van der Waals surface area contributed by atoms with Crippen molar-refractivity contribution < 1.29 is 0 Å². The summed E-state index contributed by atoms with van der Waals surface area (Å²) in [7, 11) is 0. The van der Waals surface area contributed by atoms with Crippen molar-refractivity contribution in [3.05, 3.63) is 0 Å². The molecule has 0 amide bonds. The molecule has 5 heteroatoms. The summed E-state index contributed by atoms with van der Waals surface area (Å²) in [4.78, 5) is 0. The summed E-state index contributed by atoms with van der Waals surface area (Å²) in [6.07, 6.45) is 0. The molecule has 0 aliphatic carbocycles. The van der Waals surface area contributed by atoms with Crippen LogP contribution in [0.15, 0.2) is 0 Å². The van der Waals surface area contributed by atoms with Gasteiger partial charge in [0, 0.05) is 11.9 Å². The summed E-state index contributed by atoms with van der Waals surface area (Å²) in [6.45, 7) is 0.619. The van der Waals surface area contributed by atoms with E-state index in [2.05, 4.69) is 18.2 Å². The van der Waals surface area contributed by atoms with E-state index in [1.807, 2.05) is 0 Å². The topological polar surface area (TPSA) is 39.1 Å². The van der Waals surface area contributed by atoms with Crippen molar-refractivity contribution in [3.8, 4) is 0 Å². The van der Waals surface area contributed by atoms with Crippen LogP contribution in [0.2, 0.25) is 0 Å². The Morgan fingerprint density at radius 3 is 2.86 bits per heavy atom. The third-order valence-corrected chi connectivity index (χ3v) is 1.62. The second-order valence-electron chi connectivity index (χ2n) is 1.12. The minimum absolute atomic E-state index is 0.606. The molecule has 1 heterocycles. The predicted octanol–water partition coefficient (Wildman–Crippen LogP) is 0.277. The fraction of sp³-hybridized carbons (Fsp3) is 0.500. The summed E-state index contributed by atoms with van der Waals surface area (Å²) in [5, 5.41) is 7.60. The summed E-state index contributed by atoms with van der Waals surface area (Å²) < 4.78 is 1.52. The van der Waals surface area contributed by atoms with Gasteiger partial charge in [-0.2, -0.15) is 0 Å². The molecule has 0 radical (unpaired) electrons. The van der Waals surface area contributed by atoms with E-state index in [9.17, 15) is 0 Å². The van der Waals surface area contributed by atoms with E-state index in [4.69, 9.17) is 5.41 Å². The van der Waals surface area contributed by atoms with E-state index in [1.54, 1.807) is 0 Å². The van der Waals surface area contributed by atoms with Gasteiger partial charge in [0.15, 0.2) is 0 Å². The average Bonchev–Trinajstić information content (AvgIpc) is 1.87. The lowest BCUT2D eigenvalue weighted by Crippen LogP contribution is -2.16. The Hall–Kier alpha value is 0.290. The predicted molar refractivity (Wildman–Crippen MR) is 34.1 cm³/mol. The smallest absolute Gasteiger partial charge is 0.0969 e. The van der Waals surface area contributed by atoms with Crippen molar-refractivity contribution in [2.24, 2.45) is 0 Å². The SMILES string of the molecule is N=C1CNN(S)S1. The molecule has 1 rings (SSSR count). The van der Waals surface area contributed by atoms with Crippen LogP contribution in [-0.2, 0) is 0 Å². The van der Waals surface area contributed by atoms with Crippen LogP contribution in [0.3, 0.4) is 0 Å². The molecule has 1 fully saturated rings. The molecule has 0 saturated carbocycles. The number of hydrogen-bond donors (Lipinski definition) is 3. The van der Waals surface area contributed by atoms with Crippen molar-refractivity contribution in [2.45, 2.75) is 0 Å². The maximum atomic E-state index is 6.99. The molecule has 1 aliphatic heterocycles. The van der Waals surface area contributed by atoms with Crippen LogP contribution in [0.1, 0.15) is 0 Å². The molecular formula is C2H5N3S2. The molecule has 0 aromatic rings. The van der Waals surface area contributed by atoms with E-state index < -0.39 is 0 Å². The van der Waals surface area contributed by atoms with Crippen molar-refractivity contribution in [3.63, 3.8) is 0 Å². The Morgan fingerprint density at radius 1 is 2.00 bits per heavy atom. The first-order valence-electron chi connectivity index (χ1n) is 1.77. The van der Waals surface area contributed by atoms with E-state index in [0.29, 0.717) is 11.6 Å². The first kappa shape index (κ1) is 5.43. The van der Waals surface area contributed by atoms with Gasteiger partial charge in [-0.25, -0.2) is 5.43 Å².